The van der Waals surface area contributed by atoms with Gasteiger partial charge in [0.15, 0.2) is 0 Å². The maximum absolute atomic E-state index is 12.9. The summed E-state index contributed by atoms with van der Waals surface area (Å²) in [6.07, 6.45) is 0.696. The largest absolute Gasteiger partial charge is 0.497 e. The van der Waals surface area contributed by atoms with Gasteiger partial charge in [-0.3, -0.25) is 4.72 Å². The zero-order chi connectivity index (χ0) is 18.0. The third kappa shape index (κ3) is 4.98. The van der Waals surface area contributed by atoms with E-state index >= 15 is 0 Å². The molecule has 25 heavy (non-hydrogen) atoms. The van der Waals surface area contributed by atoms with E-state index in [1.54, 1.807) is 0 Å². The number of rotatable bonds is 7. The summed E-state index contributed by atoms with van der Waals surface area (Å²) in [6, 6.07) is 4.22. The number of hydrogen-bond donors (Lipinski definition) is 2. The molecule has 2 rings (SSSR count). The molecule has 144 valence electrons. The molecule has 0 spiro atoms. The van der Waals surface area contributed by atoms with Gasteiger partial charge in [0.05, 0.1) is 18.6 Å². The van der Waals surface area contributed by atoms with E-state index in [0.29, 0.717) is 31.8 Å². The van der Waals surface area contributed by atoms with E-state index in [0.717, 1.165) is 0 Å². The summed E-state index contributed by atoms with van der Waals surface area (Å²) in [6.45, 7) is 2.61. The lowest BCUT2D eigenvalue weighted by Gasteiger charge is -2.20. The second-order valence-corrected chi connectivity index (χ2v) is 9.54. The Kier molecular flexibility index (Phi) is 7.51. The molecule has 1 fully saturated rings. The monoisotopic (exact) mass is 413 g/mol. The lowest BCUT2D eigenvalue weighted by atomic mass is 10.1. The zero-order valence-corrected chi connectivity index (χ0v) is 16.6. The fourth-order valence-electron chi connectivity index (χ4n) is 2.53. The number of methoxy groups -OCH3 is 1. The van der Waals surface area contributed by atoms with Gasteiger partial charge in [0.2, 0.25) is 20.0 Å². The summed E-state index contributed by atoms with van der Waals surface area (Å²) in [7, 11) is -6.03. The number of sulfonamides is 2. The first-order chi connectivity index (χ1) is 11.2. The van der Waals surface area contributed by atoms with Crippen molar-refractivity contribution >= 4 is 38.1 Å². The lowest BCUT2D eigenvalue weighted by molar-refractivity contribution is 0.414. The van der Waals surface area contributed by atoms with E-state index in [2.05, 4.69) is 4.72 Å². The van der Waals surface area contributed by atoms with Crippen molar-refractivity contribution in [3.05, 3.63) is 18.2 Å². The molecule has 1 aromatic rings. The Hall–Kier alpha value is -1.07. The summed E-state index contributed by atoms with van der Waals surface area (Å²) in [4.78, 5) is -0.0852. The van der Waals surface area contributed by atoms with Gasteiger partial charge in [-0.15, -0.1) is 12.4 Å². The second kappa shape index (κ2) is 8.54. The normalized spacial score (nSPS) is 18.6. The van der Waals surface area contributed by atoms with E-state index in [4.69, 9.17) is 10.5 Å². The predicted molar refractivity (Wildman–Crippen MR) is 99.2 cm³/mol. The highest BCUT2D eigenvalue weighted by atomic mass is 35.5. The van der Waals surface area contributed by atoms with Crippen molar-refractivity contribution in [1.82, 2.24) is 4.31 Å². The van der Waals surface area contributed by atoms with Crippen LogP contribution in [0.15, 0.2) is 23.1 Å². The fourth-order valence-corrected chi connectivity index (χ4v) is 4.90. The number of nitrogens with two attached hydrogens (primary N) is 1. The summed E-state index contributed by atoms with van der Waals surface area (Å²) in [5.41, 5.74) is 5.61. The summed E-state index contributed by atoms with van der Waals surface area (Å²) in [5, 5.41) is 0. The molecule has 1 heterocycles. The summed E-state index contributed by atoms with van der Waals surface area (Å²) < 4.78 is 58.3. The van der Waals surface area contributed by atoms with Crippen LogP contribution in [0.1, 0.15) is 13.3 Å². The zero-order valence-electron chi connectivity index (χ0n) is 14.1. The van der Waals surface area contributed by atoms with Crippen LogP contribution in [0.4, 0.5) is 5.69 Å². The summed E-state index contributed by atoms with van der Waals surface area (Å²) >= 11 is 0. The van der Waals surface area contributed by atoms with Crippen LogP contribution in [0.3, 0.4) is 0 Å². The molecule has 0 amide bonds. The lowest BCUT2D eigenvalue weighted by Crippen LogP contribution is -2.31. The van der Waals surface area contributed by atoms with Crippen molar-refractivity contribution in [3.63, 3.8) is 0 Å². The van der Waals surface area contributed by atoms with E-state index in [1.165, 1.54) is 36.5 Å². The molecule has 0 saturated carbocycles. The van der Waals surface area contributed by atoms with Gasteiger partial charge in [-0.1, -0.05) is 0 Å². The number of anilines is 1. The van der Waals surface area contributed by atoms with Crippen molar-refractivity contribution < 1.29 is 21.6 Å². The molecule has 0 aromatic heterocycles. The number of halogens is 1. The van der Waals surface area contributed by atoms with Crippen LogP contribution in [0.2, 0.25) is 0 Å². The average molecular weight is 414 g/mol. The standard InChI is InChI=1S/C14H23N3O5S2.ClH/c1-3-23(18,19)16-13-8-12(22-2)4-5-14(13)24(20,21)17-7-6-11(9-15)10-17;/h4-5,8,11,16H,3,6-7,9-10,15H2,1-2H3;1H. The van der Waals surface area contributed by atoms with E-state index < -0.39 is 20.0 Å². The van der Waals surface area contributed by atoms with E-state index in [9.17, 15) is 16.8 Å². The average Bonchev–Trinajstić information content (AvgIpc) is 3.04. The maximum atomic E-state index is 12.9. The molecule has 1 saturated heterocycles. The van der Waals surface area contributed by atoms with Crippen molar-refractivity contribution in [1.29, 1.82) is 0 Å². The molecule has 1 aliphatic heterocycles. The van der Waals surface area contributed by atoms with Gasteiger partial charge < -0.3 is 10.5 Å². The number of benzene rings is 1. The van der Waals surface area contributed by atoms with Gasteiger partial charge in [0, 0.05) is 19.2 Å². The van der Waals surface area contributed by atoms with Gasteiger partial charge in [-0.05, 0) is 37.9 Å². The minimum atomic E-state index is -3.82. The third-order valence-electron chi connectivity index (χ3n) is 4.03. The van der Waals surface area contributed by atoms with E-state index in [-0.39, 0.29) is 34.7 Å². The molecule has 1 unspecified atom stereocenters. The summed E-state index contributed by atoms with van der Waals surface area (Å²) in [5.74, 6) is 0.320. The highest BCUT2D eigenvalue weighted by Gasteiger charge is 2.34. The number of ether oxygens (including phenoxy) is 1. The number of nitrogens with zero attached hydrogens (tertiary/aromatic N) is 1. The van der Waals surface area contributed by atoms with Crippen LogP contribution in [-0.2, 0) is 20.0 Å². The van der Waals surface area contributed by atoms with E-state index in [1.807, 2.05) is 0 Å². The third-order valence-corrected chi connectivity index (χ3v) is 7.25. The van der Waals surface area contributed by atoms with Gasteiger partial charge in [0.25, 0.3) is 0 Å². The molecule has 8 nitrogen and oxygen atoms in total. The molecule has 1 aromatic carbocycles. The minimum absolute atomic E-state index is 0. The highest BCUT2D eigenvalue weighted by Crippen LogP contribution is 2.32. The second-order valence-electron chi connectivity index (χ2n) is 5.62. The van der Waals surface area contributed by atoms with Crippen LogP contribution in [0.25, 0.3) is 0 Å². The van der Waals surface area contributed by atoms with Crippen LogP contribution in [0.5, 0.6) is 5.75 Å². The topological polar surface area (TPSA) is 119 Å². The molecular weight excluding hydrogens is 390 g/mol. The van der Waals surface area contributed by atoms with Gasteiger partial charge in [-0.2, -0.15) is 4.31 Å². The molecule has 0 aliphatic carbocycles. The Balaban J connectivity index is 0.00000312. The Morgan fingerprint density at radius 3 is 2.52 bits per heavy atom. The van der Waals surface area contributed by atoms with Crippen LogP contribution in [-0.4, -0.2) is 53.6 Å². The molecule has 0 bridgehead atoms. The Morgan fingerprint density at radius 1 is 1.32 bits per heavy atom. The predicted octanol–water partition coefficient (Wildman–Crippen LogP) is 0.848. The first-order valence-electron chi connectivity index (χ1n) is 7.62. The van der Waals surface area contributed by atoms with Crippen molar-refractivity contribution in [2.24, 2.45) is 11.7 Å². The Morgan fingerprint density at radius 2 is 2.00 bits per heavy atom. The number of nitrogens with one attached hydrogen (secondary N) is 1. The molecule has 11 heteroatoms. The van der Waals surface area contributed by atoms with Crippen molar-refractivity contribution in [2.75, 3.05) is 37.2 Å². The molecular formula is C14H24ClN3O5S2. The first kappa shape index (κ1) is 22.0. The molecule has 1 aliphatic rings. The first-order valence-corrected chi connectivity index (χ1v) is 10.7. The number of hydrogen-bond acceptors (Lipinski definition) is 6. The van der Waals surface area contributed by atoms with Crippen LogP contribution < -0.4 is 15.2 Å². The van der Waals surface area contributed by atoms with Gasteiger partial charge in [-0.25, -0.2) is 16.8 Å². The van der Waals surface area contributed by atoms with Crippen LogP contribution >= 0.6 is 12.4 Å². The molecule has 0 radical (unpaired) electrons. The van der Waals surface area contributed by atoms with Crippen LogP contribution in [0, 0.1) is 5.92 Å². The molecule has 1 atom stereocenters. The Bertz CT molecular complexity index is 799. The van der Waals surface area contributed by atoms with Crippen molar-refractivity contribution in [3.8, 4) is 5.75 Å². The van der Waals surface area contributed by atoms with Gasteiger partial charge in [0.1, 0.15) is 10.6 Å². The quantitative estimate of drug-likeness (QED) is 0.683. The van der Waals surface area contributed by atoms with Gasteiger partial charge >= 0.3 is 0 Å². The smallest absolute Gasteiger partial charge is 0.245 e. The maximum Gasteiger partial charge on any atom is 0.245 e. The molecule has 3 N–H and O–H groups in total. The SMILES string of the molecule is CCS(=O)(=O)Nc1cc(OC)ccc1S(=O)(=O)N1CCC(CN)C1.Cl. The van der Waals surface area contributed by atoms with Crippen molar-refractivity contribution in [2.45, 2.75) is 18.2 Å². The fraction of sp³-hybridized carbons (Fsp3) is 0.571. The Labute approximate surface area is 155 Å². The highest BCUT2D eigenvalue weighted by molar-refractivity contribution is 7.93. The minimum Gasteiger partial charge on any atom is -0.497 e.